The number of aryl methyl sites for hydroxylation is 1. The Hall–Kier alpha value is -2.13. The van der Waals surface area contributed by atoms with E-state index in [0.717, 1.165) is 4.90 Å². The summed E-state index contributed by atoms with van der Waals surface area (Å²) in [6, 6.07) is -2.59. The van der Waals surface area contributed by atoms with E-state index in [2.05, 4.69) is 14.6 Å². The molecule has 0 radical (unpaired) electrons. The second-order valence-electron chi connectivity index (χ2n) is 5.84. The number of aromatic nitrogens is 3. The molecule has 3 rings (SSSR count). The van der Waals surface area contributed by atoms with Gasteiger partial charge in [-0.25, -0.2) is 0 Å². The zero-order valence-electron chi connectivity index (χ0n) is 13.2. The number of urea groups is 1. The van der Waals surface area contributed by atoms with Gasteiger partial charge in [0.2, 0.25) is 5.91 Å². The van der Waals surface area contributed by atoms with Crippen molar-refractivity contribution in [1.82, 2.24) is 19.9 Å². The molecule has 14 heteroatoms. The van der Waals surface area contributed by atoms with Crippen molar-refractivity contribution in [3.05, 3.63) is 11.9 Å². The maximum Gasteiger partial charge on any atom is 0.488 e. The van der Waals surface area contributed by atoms with E-state index in [1.807, 2.05) is 0 Å². The molecule has 1 aromatic heterocycles. The topological polar surface area (TPSA) is 167 Å². The number of hydroxylamine groups is 4. The molecule has 3 heterocycles. The number of piperidine rings is 1. The first-order valence-electron chi connectivity index (χ1n) is 7.30. The molecule has 2 fully saturated rings. The van der Waals surface area contributed by atoms with E-state index in [1.54, 1.807) is 7.05 Å². The fraction of sp³-hybridized carbons (Fsp3) is 0.636. The summed E-state index contributed by atoms with van der Waals surface area (Å²) in [5, 5.41) is 7.46. The monoisotopic (exact) mass is 377 g/mol. The highest BCUT2D eigenvalue weighted by Crippen LogP contribution is 2.38. The Balaban J connectivity index is 1.92. The molecule has 0 saturated carbocycles. The lowest BCUT2D eigenvalue weighted by molar-refractivity contribution is -1.18. The van der Waals surface area contributed by atoms with E-state index < -0.39 is 39.2 Å². The summed E-state index contributed by atoms with van der Waals surface area (Å²) < 4.78 is 37.7. The average Bonchev–Trinajstić information content (AvgIpc) is 3.01. The minimum Gasteiger partial charge on any atom is -0.368 e. The van der Waals surface area contributed by atoms with Crippen LogP contribution in [0, 0.1) is 0 Å². The fourth-order valence-corrected chi connectivity index (χ4v) is 3.62. The molecule has 25 heavy (non-hydrogen) atoms. The highest BCUT2D eigenvalue weighted by atomic mass is 32.3. The first-order valence-corrected chi connectivity index (χ1v) is 8.66. The average molecular weight is 377 g/mol. The van der Waals surface area contributed by atoms with Gasteiger partial charge in [0.15, 0.2) is 12.6 Å². The van der Waals surface area contributed by atoms with Gasteiger partial charge >= 0.3 is 16.4 Å². The van der Waals surface area contributed by atoms with E-state index in [-0.39, 0.29) is 26.0 Å². The summed E-state index contributed by atoms with van der Waals surface area (Å²) in [4.78, 5) is 29.4. The second kappa shape index (κ2) is 5.99. The molecule has 2 saturated heterocycles. The summed E-state index contributed by atoms with van der Waals surface area (Å²) in [6.45, 7) is -0.302. The third-order valence-electron chi connectivity index (χ3n) is 4.14. The van der Waals surface area contributed by atoms with Gasteiger partial charge in [0.25, 0.3) is 0 Å². The Morgan fingerprint density at radius 3 is 2.80 bits per heavy atom. The second-order valence-corrected chi connectivity index (χ2v) is 6.85. The maximum atomic E-state index is 12.8. The van der Waals surface area contributed by atoms with Crippen LogP contribution < -0.4 is 5.73 Å². The molecule has 1 aromatic rings. The van der Waals surface area contributed by atoms with Crippen molar-refractivity contribution in [3.63, 3.8) is 0 Å². The summed E-state index contributed by atoms with van der Waals surface area (Å²) in [6.07, 6.45) is 1.96. The molecule has 0 aliphatic carbocycles. The van der Waals surface area contributed by atoms with Crippen molar-refractivity contribution >= 4 is 22.3 Å². The first kappa shape index (κ1) is 17.7. The van der Waals surface area contributed by atoms with Crippen LogP contribution in [0.15, 0.2) is 6.20 Å². The van der Waals surface area contributed by atoms with Crippen molar-refractivity contribution < 1.29 is 36.5 Å². The van der Waals surface area contributed by atoms with Crippen LogP contribution >= 0.6 is 0 Å². The minimum absolute atomic E-state index is 0.00241. The van der Waals surface area contributed by atoms with E-state index in [0.29, 0.717) is 5.69 Å². The molecule has 138 valence electrons. The van der Waals surface area contributed by atoms with Gasteiger partial charge in [0, 0.05) is 17.8 Å². The lowest BCUT2D eigenvalue weighted by Gasteiger charge is -2.27. The summed E-state index contributed by atoms with van der Waals surface area (Å²) in [5.41, 5.74) is 5.60. The number of hydrogen-bond donors (Lipinski definition) is 2. The number of nitrogens with two attached hydrogens (primary N) is 1. The van der Waals surface area contributed by atoms with E-state index in [1.165, 1.54) is 10.9 Å². The molecule has 3 amide bonds. The molecule has 2 aliphatic heterocycles. The number of carbonyl (C=O) groups is 2. The van der Waals surface area contributed by atoms with Crippen molar-refractivity contribution in [1.29, 1.82) is 0 Å². The number of fused-ring (bicyclic) bond motifs is 2. The summed E-state index contributed by atoms with van der Waals surface area (Å²) >= 11 is 0. The predicted molar refractivity (Wildman–Crippen MR) is 76.8 cm³/mol. The Morgan fingerprint density at radius 1 is 1.52 bits per heavy atom. The zero-order valence-corrected chi connectivity index (χ0v) is 14.0. The SMILES string of the molecule is Cn1cc(CO[N+]2(OS(=O)(=O)O)C(=O)N3C[C@H]2CC[C@H]3C(N)=O)nn1. The van der Waals surface area contributed by atoms with Crippen LogP contribution in [0.1, 0.15) is 18.5 Å². The first-order chi connectivity index (χ1) is 11.6. The van der Waals surface area contributed by atoms with Crippen LogP contribution in [-0.2, 0) is 38.0 Å². The molecule has 0 aromatic carbocycles. The van der Waals surface area contributed by atoms with Gasteiger partial charge in [-0.15, -0.1) is 9.94 Å². The van der Waals surface area contributed by atoms with Crippen LogP contribution in [0.5, 0.6) is 0 Å². The lowest BCUT2D eigenvalue weighted by atomic mass is 10.0. The molecule has 0 spiro atoms. The number of primary amides is 1. The van der Waals surface area contributed by atoms with Gasteiger partial charge in [-0.05, 0) is 6.42 Å². The van der Waals surface area contributed by atoms with E-state index in [4.69, 9.17) is 15.1 Å². The van der Waals surface area contributed by atoms with Gasteiger partial charge < -0.3 is 5.73 Å². The molecule has 3 atom stereocenters. The predicted octanol–water partition coefficient (Wildman–Crippen LogP) is -1.75. The molecular formula is C11H17N6O7S+. The highest BCUT2D eigenvalue weighted by molar-refractivity contribution is 7.80. The smallest absolute Gasteiger partial charge is 0.368 e. The Labute approximate surface area is 142 Å². The van der Waals surface area contributed by atoms with Crippen molar-refractivity contribution in [2.75, 3.05) is 6.54 Å². The molecular weight excluding hydrogens is 360 g/mol. The van der Waals surface area contributed by atoms with Gasteiger partial charge in [-0.2, -0.15) is 13.2 Å². The van der Waals surface area contributed by atoms with Crippen LogP contribution in [0.3, 0.4) is 0 Å². The Morgan fingerprint density at radius 2 is 2.24 bits per heavy atom. The van der Waals surface area contributed by atoms with Crippen LogP contribution in [0.2, 0.25) is 0 Å². The molecule has 13 nitrogen and oxygen atoms in total. The number of carbonyl (C=O) groups excluding carboxylic acids is 2. The van der Waals surface area contributed by atoms with E-state index in [9.17, 15) is 18.0 Å². The number of amides is 3. The van der Waals surface area contributed by atoms with Gasteiger partial charge in [-0.3, -0.25) is 18.9 Å². The van der Waals surface area contributed by atoms with Crippen molar-refractivity contribution in [2.24, 2.45) is 12.8 Å². The fourth-order valence-electron chi connectivity index (χ4n) is 3.11. The quantitative estimate of drug-likeness (QED) is 0.431. The molecule has 1 unspecified atom stereocenters. The third-order valence-corrected chi connectivity index (χ3v) is 4.55. The summed E-state index contributed by atoms with van der Waals surface area (Å²) in [7, 11) is -3.41. The van der Waals surface area contributed by atoms with Crippen LogP contribution in [-0.4, -0.2) is 68.2 Å². The zero-order chi connectivity index (χ0) is 18.4. The van der Waals surface area contributed by atoms with Crippen molar-refractivity contribution in [2.45, 2.75) is 31.5 Å². The number of nitrogens with zero attached hydrogens (tertiary/aromatic N) is 5. The van der Waals surface area contributed by atoms with Gasteiger partial charge in [0.1, 0.15) is 11.7 Å². The Kier molecular flexibility index (Phi) is 4.24. The third kappa shape index (κ3) is 3.21. The largest absolute Gasteiger partial charge is 0.488 e. The van der Waals surface area contributed by atoms with Gasteiger partial charge in [0.05, 0.1) is 17.6 Å². The molecule has 2 bridgehead atoms. The number of rotatable bonds is 6. The van der Waals surface area contributed by atoms with E-state index >= 15 is 0 Å². The standard InChI is InChI=1S/C11H16N6O7S/c1-15-4-7(13-14-15)6-23-17(24-25(20,21)22)8-2-3-9(10(12)18)16(5-8)11(17)19/h4,8-9H,2-3,5-6H2,1H3,(H2-,12,18,20,21,22)/p+1/t8-,9+,17?/m1/s1. The van der Waals surface area contributed by atoms with Gasteiger partial charge in [-0.1, -0.05) is 5.21 Å². The Bertz CT molecular complexity index is 810. The normalized spacial score (nSPS) is 29.2. The molecule has 3 N–H and O–H groups in total. The molecule has 2 aliphatic rings. The maximum absolute atomic E-state index is 12.8. The minimum atomic E-state index is -5.03. The van der Waals surface area contributed by atoms with Crippen LogP contribution in [0.4, 0.5) is 4.79 Å². The highest BCUT2D eigenvalue weighted by Gasteiger charge is 2.66. The number of hydrogen-bond acceptors (Lipinski definition) is 8. The lowest BCUT2D eigenvalue weighted by Crippen LogP contribution is -2.55. The van der Waals surface area contributed by atoms with Crippen LogP contribution in [0.25, 0.3) is 0 Å². The summed E-state index contributed by atoms with van der Waals surface area (Å²) in [5.74, 6) is -0.715. The van der Waals surface area contributed by atoms with Crippen molar-refractivity contribution in [3.8, 4) is 0 Å². The number of quaternary nitrogens is 1.